The van der Waals surface area contributed by atoms with Crippen molar-refractivity contribution in [3.63, 3.8) is 0 Å². The summed E-state index contributed by atoms with van der Waals surface area (Å²) in [7, 11) is 3.25. The molecule has 1 atom stereocenters. The lowest BCUT2D eigenvalue weighted by Crippen LogP contribution is -2.42. The Morgan fingerprint density at radius 2 is 1.85 bits per heavy atom. The van der Waals surface area contributed by atoms with Crippen molar-refractivity contribution < 1.29 is 9.59 Å². The van der Waals surface area contributed by atoms with Crippen molar-refractivity contribution in [2.75, 3.05) is 64.0 Å². The summed E-state index contributed by atoms with van der Waals surface area (Å²) in [4.78, 5) is 44.5. The predicted octanol–water partition coefficient (Wildman–Crippen LogP) is 2.64. The first-order chi connectivity index (χ1) is 22.2. The highest BCUT2D eigenvalue weighted by Crippen LogP contribution is 2.29. The van der Waals surface area contributed by atoms with Crippen LogP contribution in [-0.4, -0.2) is 99.6 Å². The zero-order chi connectivity index (χ0) is 33.2. The van der Waals surface area contributed by atoms with E-state index in [0.29, 0.717) is 73.2 Å². The number of allylic oxidation sites excluding steroid dienone is 1. The Balaban J connectivity index is 1.35. The number of rotatable bonds is 11. The van der Waals surface area contributed by atoms with Crippen molar-refractivity contribution in [1.29, 1.82) is 5.41 Å². The van der Waals surface area contributed by atoms with Gasteiger partial charge in [-0.2, -0.15) is 0 Å². The van der Waals surface area contributed by atoms with Crippen LogP contribution >= 0.6 is 0 Å². The number of amidine groups is 1. The molecule has 0 bridgehead atoms. The molecule has 2 aliphatic heterocycles. The smallest absolute Gasteiger partial charge is 0.237 e. The Morgan fingerprint density at radius 1 is 1.09 bits per heavy atom. The molecule has 0 saturated carbocycles. The van der Waals surface area contributed by atoms with Crippen LogP contribution in [0.4, 0.5) is 11.4 Å². The molecular weight excluding hydrogens is 580 g/mol. The minimum Gasteiger partial charge on any atom is -0.398 e. The molecule has 4 rings (SSSR count). The molecule has 0 unspecified atom stereocenters. The van der Waals surface area contributed by atoms with Crippen LogP contribution in [0.5, 0.6) is 0 Å². The summed E-state index contributed by atoms with van der Waals surface area (Å²) in [5, 5.41) is 7.68. The lowest BCUT2D eigenvalue weighted by atomic mass is 9.98. The highest BCUT2D eigenvalue weighted by atomic mass is 16.2. The lowest BCUT2D eigenvalue weighted by Gasteiger charge is -2.29. The highest BCUT2D eigenvalue weighted by Gasteiger charge is 2.33. The number of hydrogen-bond donors (Lipinski definition) is 4. The summed E-state index contributed by atoms with van der Waals surface area (Å²) in [6, 6.07) is 13.2. The van der Waals surface area contributed by atoms with Crippen LogP contribution in [-0.2, 0) is 9.59 Å². The maximum Gasteiger partial charge on any atom is 0.237 e. The van der Waals surface area contributed by atoms with E-state index in [4.69, 9.17) is 22.6 Å². The Morgan fingerprint density at radius 3 is 2.48 bits per heavy atom. The minimum absolute atomic E-state index is 0.00112. The van der Waals surface area contributed by atoms with Gasteiger partial charge in [0.15, 0.2) is 0 Å². The van der Waals surface area contributed by atoms with Gasteiger partial charge in [-0.15, -0.1) is 0 Å². The number of likely N-dealkylation sites (tertiary alicyclic amines) is 1. The quantitative estimate of drug-likeness (QED) is 0.169. The molecule has 2 amide bonds. The molecular formula is C34H44N10O2. The van der Waals surface area contributed by atoms with Crippen molar-refractivity contribution in [3.05, 3.63) is 70.8 Å². The molecule has 46 heavy (non-hydrogen) atoms. The molecule has 0 radical (unpaired) electrons. The van der Waals surface area contributed by atoms with Crippen molar-refractivity contribution >= 4 is 59.1 Å². The zero-order valence-corrected chi connectivity index (χ0v) is 26.8. The maximum atomic E-state index is 13.7. The Labute approximate surface area is 270 Å². The van der Waals surface area contributed by atoms with Gasteiger partial charge in [-0.3, -0.25) is 24.5 Å². The van der Waals surface area contributed by atoms with Gasteiger partial charge < -0.3 is 32.4 Å². The second-order valence-electron chi connectivity index (χ2n) is 11.3. The first kappa shape index (κ1) is 33.8. The van der Waals surface area contributed by atoms with Gasteiger partial charge in [0.2, 0.25) is 11.8 Å². The van der Waals surface area contributed by atoms with Crippen LogP contribution in [0.3, 0.4) is 0 Å². The van der Waals surface area contributed by atoms with Gasteiger partial charge in [0.25, 0.3) is 0 Å². The molecule has 2 aliphatic rings. The van der Waals surface area contributed by atoms with E-state index in [0.717, 1.165) is 23.8 Å². The molecule has 1 fully saturated rings. The molecule has 2 aromatic carbocycles. The Kier molecular flexibility index (Phi) is 11.6. The van der Waals surface area contributed by atoms with Crippen molar-refractivity contribution in [2.24, 2.45) is 32.4 Å². The standard InChI is InChI=1S/C34H44N10O2/c1-4-44(28-9-10-30(36)29(17-28)32(37)27(18-35)19-39-2)34(46)26-11-14-42(20-26)21-31(45)43-15-12-24(13-16-43)23-5-7-25(8-6-23)33(38)41-22-40-3/h5-10,12,17-19,22,26,35H,4,11,13-16,20-21,36-37H2,1-3H3,(H2,38,40,41)/t26-/m1/s1. The number of benzene rings is 2. The average Bonchev–Trinajstić information content (AvgIpc) is 3.55. The van der Waals surface area contributed by atoms with Crippen molar-refractivity contribution in [2.45, 2.75) is 19.8 Å². The number of carbonyl (C=O) groups excluding carboxylic acids is 2. The summed E-state index contributed by atoms with van der Waals surface area (Å²) in [5.41, 5.74) is 24.1. The normalized spacial score (nSPS) is 18.2. The van der Waals surface area contributed by atoms with E-state index in [2.05, 4.69) is 26.0 Å². The van der Waals surface area contributed by atoms with Gasteiger partial charge in [-0.25, -0.2) is 4.99 Å². The third-order valence-corrected chi connectivity index (χ3v) is 8.36. The van der Waals surface area contributed by atoms with Gasteiger partial charge in [-0.05, 0) is 55.6 Å². The molecule has 0 aliphatic carbocycles. The number of nitrogens with one attached hydrogen (secondary N) is 1. The van der Waals surface area contributed by atoms with E-state index in [1.165, 1.54) is 18.1 Å². The van der Waals surface area contributed by atoms with E-state index < -0.39 is 0 Å². The first-order valence-corrected chi connectivity index (χ1v) is 15.4. The molecule has 0 spiro atoms. The van der Waals surface area contributed by atoms with Crippen LogP contribution in [0.1, 0.15) is 36.5 Å². The highest BCUT2D eigenvalue weighted by molar-refractivity contribution is 6.11. The Bertz CT molecular complexity index is 1590. The number of nitrogens with two attached hydrogens (primary N) is 3. The molecule has 12 heteroatoms. The lowest BCUT2D eigenvalue weighted by molar-refractivity contribution is -0.132. The second kappa shape index (κ2) is 15.8. The number of carbonyl (C=O) groups is 2. The van der Waals surface area contributed by atoms with Gasteiger partial charge in [0, 0.05) is 80.8 Å². The third-order valence-electron chi connectivity index (χ3n) is 8.36. The van der Waals surface area contributed by atoms with E-state index in [-0.39, 0.29) is 24.3 Å². The van der Waals surface area contributed by atoms with Gasteiger partial charge in [0.1, 0.15) is 12.2 Å². The fraction of sp³-hybridized carbons (Fsp3) is 0.353. The van der Waals surface area contributed by atoms with E-state index >= 15 is 0 Å². The minimum atomic E-state index is -0.227. The number of hydrogen-bond acceptors (Lipinski definition) is 8. The van der Waals surface area contributed by atoms with Crippen LogP contribution in [0.25, 0.3) is 11.3 Å². The molecule has 1 saturated heterocycles. The first-order valence-electron chi connectivity index (χ1n) is 15.4. The summed E-state index contributed by atoms with van der Waals surface area (Å²) in [6.07, 6.45) is 7.60. The number of anilines is 2. The topological polar surface area (TPSA) is 183 Å². The second-order valence-corrected chi connectivity index (χ2v) is 11.3. The van der Waals surface area contributed by atoms with Gasteiger partial charge >= 0.3 is 0 Å². The molecule has 12 nitrogen and oxygen atoms in total. The predicted molar refractivity (Wildman–Crippen MR) is 188 cm³/mol. The number of nitrogen functional groups attached to an aromatic ring is 1. The van der Waals surface area contributed by atoms with E-state index in [1.54, 1.807) is 37.2 Å². The molecule has 2 aromatic rings. The SMILES string of the molecule is CCN(C(=O)[C@@H]1CCN(CC(=O)N2CC=C(c3ccc(C(N)=NC=NC)cc3)CC2)C1)c1ccc(N)c(C(N)=C(C=N)C=NC)c1. The average molecular weight is 625 g/mol. The summed E-state index contributed by atoms with van der Waals surface area (Å²) in [6.45, 7) is 5.07. The zero-order valence-electron chi connectivity index (χ0n) is 26.8. The monoisotopic (exact) mass is 624 g/mol. The van der Waals surface area contributed by atoms with Gasteiger partial charge in [-0.1, -0.05) is 30.3 Å². The molecule has 242 valence electrons. The largest absolute Gasteiger partial charge is 0.398 e. The summed E-state index contributed by atoms with van der Waals surface area (Å²) < 4.78 is 0. The third kappa shape index (κ3) is 7.94. The number of amides is 2. The summed E-state index contributed by atoms with van der Waals surface area (Å²) in [5.74, 6) is 0.251. The van der Waals surface area contributed by atoms with Crippen LogP contribution in [0, 0.1) is 11.3 Å². The van der Waals surface area contributed by atoms with Crippen LogP contribution in [0.2, 0.25) is 0 Å². The maximum absolute atomic E-state index is 13.7. The molecule has 2 heterocycles. The number of aliphatic imine (C=N–C) groups is 3. The van der Waals surface area contributed by atoms with Crippen molar-refractivity contribution in [3.8, 4) is 0 Å². The Hall–Kier alpha value is -5.10. The van der Waals surface area contributed by atoms with Crippen LogP contribution in [0.15, 0.2) is 69.1 Å². The van der Waals surface area contributed by atoms with E-state index in [9.17, 15) is 9.59 Å². The number of nitrogens with zero attached hydrogens (tertiary/aromatic N) is 6. The van der Waals surface area contributed by atoms with Crippen LogP contribution < -0.4 is 22.1 Å². The fourth-order valence-corrected chi connectivity index (χ4v) is 5.79. The molecule has 7 N–H and O–H groups in total. The van der Waals surface area contributed by atoms with Gasteiger partial charge in [0.05, 0.1) is 18.2 Å². The molecule has 0 aromatic heterocycles. The van der Waals surface area contributed by atoms with Crippen molar-refractivity contribution in [1.82, 2.24) is 9.80 Å². The summed E-state index contributed by atoms with van der Waals surface area (Å²) >= 11 is 0. The fourth-order valence-electron chi connectivity index (χ4n) is 5.79. The van der Waals surface area contributed by atoms with E-state index in [1.807, 2.05) is 36.1 Å².